The maximum Gasteiger partial charge on any atom is 0.190 e. The van der Waals surface area contributed by atoms with E-state index in [0.29, 0.717) is 23.3 Å². The van der Waals surface area contributed by atoms with E-state index in [9.17, 15) is 4.79 Å². The van der Waals surface area contributed by atoms with Crippen molar-refractivity contribution < 1.29 is 4.74 Å². The number of pyridine rings is 1. The van der Waals surface area contributed by atoms with Gasteiger partial charge in [0, 0.05) is 11.5 Å². The summed E-state index contributed by atoms with van der Waals surface area (Å²) in [5, 5.41) is 9.32. The zero-order valence-electron chi connectivity index (χ0n) is 10.2. The largest absolute Gasteiger partial charge is 0.494 e. The molecule has 1 heterocycles. The number of nitrogens with one attached hydrogen (secondary N) is 1. The molecule has 0 spiro atoms. The quantitative estimate of drug-likeness (QED) is 0.838. The fourth-order valence-electron chi connectivity index (χ4n) is 1.71. The Morgan fingerprint density at radius 2 is 2.22 bits per heavy atom. The van der Waals surface area contributed by atoms with Crippen LogP contribution in [0.4, 0.5) is 0 Å². The molecule has 0 amide bonds. The van der Waals surface area contributed by atoms with Crippen LogP contribution in [0, 0.1) is 11.3 Å². The van der Waals surface area contributed by atoms with Crippen molar-refractivity contribution in [1.82, 2.24) is 4.98 Å². The highest BCUT2D eigenvalue weighted by Gasteiger charge is 2.03. The number of H-pyrrole nitrogens is 1. The van der Waals surface area contributed by atoms with Crippen LogP contribution in [0.5, 0.6) is 5.75 Å². The van der Waals surface area contributed by atoms with Gasteiger partial charge in [0.2, 0.25) is 0 Å². The molecule has 0 unspecified atom stereocenters. The van der Waals surface area contributed by atoms with Gasteiger partial charge in [-0.1, -0.05) is 13.3 Å². The summed E-state index contributed by atoms with van der Waals surface area (Å²) in [6.07, 6.45) is 2.06. The van der Waals surface area contributed by atoms with E-state index in [-0.39, 0.29) is 11.1 Å². The average Bonchev–Trinajstić information content (AvgIpc) is 2.39. The molecule has 92 valence electrons. The summed E-state index contributed by atoms with van der Waals surface area (Å²) in [4.78, 5) is 14.7. The molecule has 1 N–H and O–H groups in total. The third kappa shape index (κ3) is 2.51. The number of hydrogen-bond acceptors (Lipinski definition) is 3. The molecule has 2 rings (SSSR count). The Hall–Kier alpha value is -2.28. The predicted molar refractivity (Wildman–Crippen MR) is 69.7 cm³/mol. The van der Waals surface area contributed by atoms with Gasteiger partial charge < -0.3 is 9.72 Å². The normalized spacial score (nSPS) is 10.2. The Bertz CT molecular complexity index is 653. The van der Waals surface area contributed by atoms with E-state index in [1.807, 2.05) is 6.07 Å². The van der Waals surface area contributed by atoms with Crippen LogP contribution in [0.1, 0.15) is 25.5 Å². The molecule has 0 atom stereocenters. The Balaban J connectivity index is 2.37. The molecule has 4 heteroatoms. The molecule has 1 aromatic carbocycles. The molecule has 0 saturated heterocycles. The minimum Gasteiger partial charge on any atom is -0.494 e. The molecule has 0 aliphatic carbocycles. The maximum atomic E-state index is 11.8. The summed E-state index contributed by atoms with van der Waals surface area (Å²) in [5.41, 5.74) is 0.760. The fraction of sp³-hybridized carbons (Fsp3) is 0.286. The summed E-state index contributed by atoms with van der Waals surface area (Å²) in [6.45, 7) is 2.74. The lowest BCUT2D eigenvalue weighted by atomic mass is 10.2. The minimum absolute atomic E-state index is 0.166. The van der Waals surface area contributed by atoms with Gasteiger partial charge in [-0.3, -0.25) is 4.79 Å². The first-order chi connectivity index (χ1) is 8.74. The first-order valence-electron chi connectivity index (χ1n) is 5.94. The number of aromatic nitrogens is 1. The van der Waals surface area contributed by atoms with Crippen LogP contribution in [0.2, 0.25) is 0 Å². The highest BCUT2D eigenvalue weighted by Crippen LogP contribution is 2.17. The summed E-state index contributed by atoms with van der Waals surface area (Å²) in [5.74, 6) is 0.686. The SMILES string of the molecule is CCCCOc1ccc2[nH]c(C#N)cc(=O)c2c1. The Morgan fingerprint density at radius 1 is 1.39 bits per heavy atom. The van der Waals surface area contributed by atoms with Gasteiger partial charge in [0.1, 0.15) is 17.5 Å². The van der Waals surface area contributed by atoms with E-state index in [1.54, 1.807) is 18.2 Å². The number of unbranched alkanes of at least 4 members (excludes halogenated alkanes) is 1. The van der Waals surface area contributed by atoms with Gasteiger partial charge in [-0.25, -0.2) is 0 Å². The van der Waals surface area contributed by atoms with Gasteiger partial charge in [0.05, 0.1) is 12.1 Å². The van der Waals surface area contributed by atoms with Crippen molar-refractivity contribution in [3.63, 3.8) is 0 Å². The molecular formula is C14H14N2O2. The van der Waals surface area contributed by atoms with Gasteiger partial charge in [-0.2, -0.15) is 5.26 Å². The van der Waals surface area contributed by atoms with Gasteiger partial charge in [0.15, 0.2) is 5.43 Å². The standard InChI is InChI=1S/C14H14N2O2/c1-2-3-6-18-11-4-5-13-12(8-11)14(17)7-10(9-15)16-13/h4-5,7-8H,2-3,6H2,1H3,(H,16,17). The Morgan fingerprint density at radius 3 is 2.94 bits per heavy atom. The van der Waals surface area contributed by atoms with Crippen molar-refractivity contribution in [2.75, 3.05) is 6.61 Å². The van der Waals surface area contributed by atoms with Crippen LogP contribution in [-0.4, -0.2) is 11.6 Å². The van der Waals surface area contributed by atoms with E-state index in [2.05, 4.69) is 11.9 Å². The van der Waals surface area contributed by atoms with Crippen molar-refractivity contribution in [1.29, 1.82) is 5.26 Å². The number of benzene rings is 1. The third-order valence-corrected chi connectivity index (χ3v) is 2.69. The van der Waals surface area contributed by atoms with Gasteiger partial charge in [0.25, 0.3) is 0 Å². The van der Waals surface area contributed by atoms with E-state index in [4.69, 9.17) is 10.00 Å². The molecule has 0 aliphatic rings. The molecular weight excluding hydrogens is 228 g/mol. The van der Waals surface area contributed by atoms with Gasteiger partial charge in [-0.05, 0) is 24.6 Å². The summed E-state index contributed by atoms with van der Waals surface area (Å²) < 4.78 is 5.55. The molecule has 4 nitrogen and oxygen atoms in total. The van der Waals surface area contributed by atoms with Crippen LogP contribution in [0.25, 0.3) is 10.9 Å². The van der Waals surface area contributed by atoms with Crippen molar-refractivity contribution in [3.8, 4) is 11.8 Å². The molecule has 0 aliphatic heterocycles. The van der Waals surface area contributed by atoms with Gasteiger partial charge in [-0.15, -0.1) is 0 Å². The molecule has 0 fully saturated rings. The number of hydrogen-bond donors (Lipinski definition) is 1. The summed E-state index contributed by atoms with van der Waals surface area (Å²) in [6, 6.07) is 8.51. The molecule has 0 radical (unpaired) electrons. The van der Waals surface area contributed by atoms with Gasteiger partial charge >= 0.3 is 0 Å². The third-order valence-electron chi connectivity index (χ3n) is 2.69. The van der Waals surface area contributed by atoms with Crippen molar-refractivity contribution >= 4 is 10.9 Å². The Labute approximate surface area is 105 Å². The second-order valence-electron chi connectivity index (χ2n) is 4.07. The minimum atomic E-state index is -0.166. The molecule has 2 aromatic rings. The monoisotopic (exact) mass is 242 g/mol. The fourth-order valence-corrected chi connectivity index (χ4v) is 1.71. The van der Waals surface area contributed by atoms with Crippen LogP contribution in [0.3, 0.4) is 0 Å². The maximum absolute atomic E-state index is 11.8. The van der Waals surface area contributed by atoms with Crippen LogP contribution >= 0.6 is 0 Å². The average molecular weight is 242 g/mol. The first kappa shape index (κ1) is 12.2. The summed E-state index contributed by atoms with van der Waals surface area (Å²) in [7, 11) is 0. The second kappa shape index (κ2) is 5.37. The predicted octanol–water partition coefficient (Wildman–Crippen LogP) is 2.58. The van der Waals surface area contributed by atoms with E-state index >= 15 is 0 Å². The molecule has 0 bridgehead atoms. The highest BCUT2D eigenvalue weighted by atomic mass is 16.5. The molecule has 18 heavy (non-hydrogen) atoms. The summed E-state index contributed by atoms with van der Waals surface area (Å²) >= 11 is 0. The number of ether oxygens (including phenoxy) is 1. The van der Waals surface area contributed by atoms with Crippen molar-refractivity contribution in [2.24, 2.45) is 0 Å². The second-order valence-corrected chi connectivity index (χ2v) is 4.07. The number of aromatic amines is 1. The number of rotatable bonds is 4. The highest BCUT2D eigenvalue weighted by molar-refractivity contribution is 5.80. The number of fused-ring (bicyclic) bond motifs is 1. The zero-order chi connectivity index (χ0) is 13.0. The van der Waals surface area contributed by atoms with Crippen molar-refractivity contribution in [2.45, 2.75) is 19.8 Å². The molecule has 0 saturated carbocycles. The molecule has 1 aromatic heterocycles. The first-order valence-corrected chi connectivity index (χ1v) is 5.94. The van der Waals surface area contributed by atoms with Crippen molar-refractivity contribution in [3.05, 3.63) is 40.2 Å². The van der Waals surface area contributed by atoms with E-state index in [1.165, 1.54) is 6.07 Å². The lowest BCUT2D eigenvalue weighted by Gasteiger charge is -2.06. The van der Waals surface area contributed by atoms with Crippen LogP contribution < -0.4 is 10.2 Å². The Kier molecular flexibility index (Phi) is 3.63. The number of nitrogens with zero attached hydrogens (tertiary/aromatic N) is 1. The smallest absolute Gasteiger partial charge is 0.190 e. The van der Waals surface area contributed by atoms with E-state index in [0.717, 1.165) is 12.8 Å². The lowest BCUT2D eigenvalue weighted by molar-refractivity contribution is 0.310. The van der Waals surface area contributed by atoms with Crippen LogP contribution in [-0.2, 0) is 0 Å². The zero-order valence-corrected chi connectivity index (χ0v) is 10.2. The van der Waals surface area contributed by atoms with E-state index < -0.39 is 0 Å². The topological polar surface area (TPSA) is 65.9 Å². The number of nitriles is 1. The lowest BCUT2D eigenvalue weighted by Crippen LogP contribution is -2.04. The van der Waals surface area contributed by atoms with Crippen LogP contribution in [0.15, 0.2) is 29.1 Å².